The summed E-state index contributed by atoms with van der Waals surface area (Å²) in [5, 5.41) is 26.2. The Hall–Kier alpha value is -3.27. The number of aromatic nitrogens is 4. The van der Waals surface area contributed by atoms with Gasteiger partial charge in [-0.1, -0.05) is 0 Å². The molecule has 0 amide bonds. The summed E-state index contributed by atoms with van der Waals surface area (Å²) in [6, 6.07) is 5.63. The van der Waals surface area contributed by atoms with Crippen molar-refractivity contribution in [3.05, 3.63) is 60.1 Å². The smallest absolute Gasteiger partial charge is 0.181 e. The largest absolute Gasteiger partial charge is 0.487 e. The molecule has 4 aromatic rings. The number of oxazole rings is 1. The summed E-state index contributed by atoms with van der Waals surface area (Å²) in [6.07, 6.45) is 5.25. The quantitative estimate of drug-likeness (QED) is 0.436. The van der Waals surface area contributed by atoms with Gasteiger partial charge in [0.2, 0.25) is 0 Å². The number of rotatable bonds is 4. The molecule has 1 saturated carbocycles. The lowest BCUT2D eigenvalue weighted by atomic mass is 9.96. The molecule has 1 aliphatic heterocycles. The number of nitrogens with zero attached hydrogens (tertiary/aromatic N) is 4. The number of ether oxygens (including phenoxy) is 1. The van der Waals surface area contributed by atoms with Gasteiger partial charge in [0.25, 0.3) is 0 Å². The second-order valence-corrected chi connectivity index (χ2v) is 8.76. The van der Waals surface area contributed by atoms with Gasteiger partial charge in [0.05, 0.1) is 17.9 Å². The summed E-state index contributed by atoms with van der Waals surface area (Å²) in [5.74, 6) is 1.36. The van der Waals surface area contributed by atoms with Crippen LogP contribution in [0.3, 0.4) is 0 Å². The van der Waals surface area contributed by atoms with Crippen LogP contribution in [0.2, 0.25) is 0 Å². The summed E-state index contributed by atoms with van der Waals surface area (Å²) in [6.45, 7) is 3.51. The second-order valence-electron chi connectivity index (χ2n) is 8.76. The van der Waals surface area contributed by atoms with Crippen LogP contribution in [0.15, 0.2) is 47.7 Å². The van der Waals surface area contributed by atoms with Crippen molar-refractivity contribution in [2.24, 2.45) is 0 Å². The molecule has 0 radical (unpaired) electrons. The van der Waals surface area contributed by atoms with Gasteiger partial charge in [-0.15, -0.1) is 0 Å². The average Bonchev–Trinajstić information content (AvgIpc) is 3.56. The molecule has 1 aliphatic carbocycles. The van der Waals surface area contributed by atoms with Crippen LogP contribution in [0, 0.1) is 6.92 Å². The van der Waals surface area contributed by atoms with Crippen LogP contribution in [-0.4, -0.2) is 54.6 Å². The molecule has 0 spiro atoms. The summed E-state index contributed by atoms with van der Waals surface area (Å²) >= 11 is 0. The normalized spacial score (nSPS) is 24.8. The van der Waals surface area contributed by atoms with Crippen molar-refractivity contribution in [2.75, 3.05) is 6.54 Å². The molecule has 0 bridgehead atoms. The van der Waals surface area contributed by atoms with Gasteiger partial charge in [-0.25, -0.2) is 15.0 Å². The fourth-order valence-corrected chi connectivity index (χ4v) is 5.06. The number of hydrogen-bond acceptors (Lipinski definition) is 8. The van der Waals surface area contributed by atoms with Crippen molar-refractivity contribution >= 4 is 11.0 Å². The highest BCUT2D eigenvalue weighted by Crippen LogP contribution is 2.39. The maximum absolute atomic E-state index is 10.9. The molecule has 33 heavy (non-hydrogen) atoms. The highest BCUT2D eigenvalue weighted by atomic mass is 16.5. The van der Waals surface area contributed by atoms with Gasteiger partial charge < -0.3 is 29.3 Å². The van der Waals surface area contributed by atoms with Crippen LogP contribution in [0.5, 0.6) is 5.75 Å². The highest BCUT2D eigenvalue weighted by molar-refractivity contribution is 5.78. The third kappa shape index (κ3) is 3.40. The molecule has 2 aliphatic rings. The Morgan fingerprint density at radius 1 is 1.21 bits per heavy atom. The molecule has 9 heteroatoms. The number of aliphatic hydroxyl groups excluding tert-OH is 2. The Labute approximate surface area is 190 Å². The number of aliphatic hydroxyl groups is 2. The van der Waals surface area contributed by atoms with Crippen LogP contribution in [0.25, 0.3) is 22.4 Å². The first-order chi connectivity index (χ1) is 16.1. The van der Waals surface area contributed by atoms with E-state index in [9.17, 15) is 10.2 Å². The Kier molecular flexibility index (Phi) is 4.90. The van der Waals surface area contributed by atoms with Crippen LogP contribution in [-0.2, 0) is 13.0 Å². The molecule has 0 saturated heterocycles. The Bertz CT molecular complexity index is 1300. The molecule has 3 aromatic heterocycles. The number of hydrogen-bond donors (Lipinski definition) is 3. The van der Waals surface area contributed by atoms with E-state index >= 15 is 0 Å². The van der Waals surface area contributed by atoms with E-state index < -0.39 is 18.3 Å². The van der Waals surface area contributed by atoms with E-state index in [-0.39, 0.29) is 6.04 Å². The molecule has 1 aromatic carbocycles. The highest BCUT2D eigenvalue weighted by Gasteiger charge is 2.44. The van der Waals surface area contributed by atoms with Crippen molar-refractivity contribution in [1.29, 1.82) is 0 Å². The lowest BCUT2D eigenvalue weighted by molar-refractivity contribution is -0.0166. The molecule has 4 atom stereocenters. The van der Waals surface area contributed by atoms with E-state index in [4.69, 9.17) is 9.15 Å². The number of fused-ring (bicyclic) bond motifs is 2. The van der Waals surface area contributed by atoms with Gasteiger partial charge in [0.1, 0.15) is 36.0 Å². The Balaban J connectivity index is 1.33. The average molecular weight is 447 g/mol. The van der Waals surface area contributed by atoms with Gasteiger partial charge in [-0.05, 0) is 43.7 Å². The number of benzene rings is 1. The van der Waals surface area contributed by atoms with Crippen molar-refractivity contribution in [1.82, 2.24) is 24.8 Å². The van der Waals surface area contributed by atoms with Crippen LogP contribution >= 0.6 is 0 Å². The molecular weight excluding hydrogens is 422 g/mol. The number of nitrogens with one attached hydrogen (secondary N) is 1. The summed E-state index contributed by atoms with van der Waals surface area (Å²) in [5.41, 5.74) is 4.77. The van der Waals surface area contributed by atoms with Crippen molar-refractivity contribution in [3.8, 4) is 17.1 Å². The van der Waals surface area contributed by atoms with Gasteiger partial charge in [-0.3, -0.25) is 0 Å². The van der Waals surface area contributed by atoms with E-state index in [2.05, 4.69) is 26.3 Å². The minimum atomic E-state index is -1.03. The monoisotopic (exact) mass is 447 g/mol. The lowest BCUT2D eigenvalue weighted by Gasteiger charge is -2.25. The minimum absolute atomic E-state index is 0.358. The van der Waals surface area contributed by atoms with E-state index in [0.717, 1.165) is 40.8 Å². The SMILES string of the molecule is Cc1ncnc2c1ccn2[C@@H]1C[C@H](Oc2cc(-c3cnco3)cc3c2CNCC3)[C@@H](O)[C@H]1O. The van der Waals surface area contributed by atoms with E-state index in [1.54, 1.807) is 6.20 Å². The van der Waals surface area contributed by atoms with Crippen molar-refractivity contribution in [3.63, 3.8) is 0 Å². The first-order valence-corrected chi connectivity index (χ1v) is 11.2. The number of aryl methyl sites for hydroxylation is 1. The molecular formula is C24H25N5O4. The van der Waals surface area contributed by atoms with Crippen molar-refractivity contribution in [2.45, 2.75) is 50.7 Å². The van der Waals surface area contributed by atoms with Crippen LogP contribution in [0.4, 0.5) is 0 Å². The fraction of sp³-hybridized carbons (Fsp3) is 0.375. The van der Waals surface area contributed by atoms with Crippen molar-refractivity contribution < 1.29 is 19.4 Å². The fourth-order valence-electron chi connectivity index (χ4n) is 5.06. The zero-order valence-corrected chi connectivity index (χ0v) is 18.2. The van der Waals surface area contributed by atoms with Gasteiger partial charge in [0.15, 0.2) is 12.2 Å². The summed E-state index contributed by atoms with van der Waals surface area (Å²) in [7, 11) is 0. The molecule has 3 N–H and O–H groups in total. The zero-order chi connectivity index (χ0) is 22.5. The Morgan fingerprint density at radius 2 is 2.12 bits per heavy atom. The van der Waals surface area contributed by atoms with Gasteiger partial charge in [0, 0.05) is 35.7 Å². The van der Waals surface area contributed by atoms with Gasteiger partial charge >= 0.3 is 0 Å². The van der Waals surface area contributed by atoms with Crippen LogP contribution < -0.4 is 10.1 Å². The predicted octanol–water partition coefficient (Wildman–Crippen LogP) is 2.15. The summed E-state index contributed by atoms with van der Waals surface area (Å²) < 4.78 is 13.8. The standard InChI is InChI=1S/C24H25N5O4/c1-13-16-3-5-29(24(16)28-11-27-13)18-8-20(23(31)22(18)30)33-19-7-15(21-10-26-12-32-21)6-14-2-4-25-9-17(14)19/h3,5-7,10-12,18,20,22-23,25,30-31H,2,4,8-9H2,1H3/t18-,20+,22+,23-/m1/s1. The predicted molar refractivity (Wildman–Crippen MR) is 120 cm³/mol. The first kappa shape index (κ1) is 20.3. The molecule has 9 nitrogen and oxygen atoms in total. The maximum atomic E-state index is 10.9. The maximum Gasteiger partial charge on any atom is 0.181 e. The third-order valence-corrected chi connectivity index (χ3v) is 6.83. The first-order valence-electron chi connectivity index (χ1n) is 11.2. The third-order valence-electron chi connectivity index (χ3n) is 6.83. The molecule has 0 unspecified atom stereocenters. The lowest BCUT2D eigenvalue weighted by Crippen LogP contribution is -2.34. The van der Waals surface area contributed by atoms with E-state index in [0.29, 0.717) is 24.5 Å². The minimum Gasteiger partial charge on any atom is -0.487 e. The topological polar surface area (TPSA) is 118 Å². The Morgan fingerprint density at radius 3 is 2.97 bits per heavy atom. The molecule has 1 fully saturated rings. The van der Waals surface area contributed by atoms with E-state index in [1.165, 1.54) is 18.3 Å². The van der Waals surface area contributed by atoms with Crippen LogP contribution in [0.1, 0.15) is 29.3 Å². The zero-order valence-electron chi connectivity index (χ0n) is 18.2. The molecule has 170 valence electrons. The molecule has 4 heterocycles. The van der Waals surface area contributed by atoms with E-state index in [1.807, 2.05) is 29.8 Å². The summed E-state index contributed by atoms with van der Waals surface area (Å²) in [4.78, 5) is 12.7. The molecule has 6 rings (SSSR count). The second kappa shape index (κ2) is 7.95. The van der Waals surface area contributed by atoms with Gasteiger partial charge in [-0.2, -0.15) is 0 Å².